The highest BCUT2D eigenvalue weighted by molar-refractivity contribution is 6.05. The van der Waals surface area contributed by atoms with Crippen molar-refractivity contribution in [1.29, 1.82) is 0 Å². The van der Waals surface area contributed by atoms with Gasteiger partial charge in [-0.25, -0.2) is 0 Å². The fourth-order valence-electron chi connectivity index (χ4n) is 3.03. The number of fused-ring (bicyclic) bond motifs is 2. The van der Waals surface area contributed by atoms with Crippen molar-refractivity contribution in [2.45, 2.75) is 37.8 Å². The van der Waals surface area contributed by atoms with Crippen LogP contribution in [0.2, 0.25) is 0 Å². The lowest BCUT2D eigenvalue weighted by Gasteiger charge is -2.36. The molecule has 2 aliphatic heterocycles. The molecule has 2 unspecified atom stereocenters. The van der Waals surface area contributed by atoms with Gasteiger partial charge in [0.25, 0.3) is 0 Å². The molecule has 2 bridgehead atoms. The zero-order valence-corrected chi connectivity index (χ0v) is 9.98. The van der Waals surface area contributed by atoms with E-state index in [2.05, 4.69) is 0 Å². The third kappa shape index (κ3) is 1.48. The first-order chi connectivity index (χ1) is 8.19. The van der Waals surface area contributed by atoms with E-state index in [1.807, 2.05) is 4.90 Å². The molecule has 2 heterocycles. The summed E-state index contributed by atoms with van der Waals surface area (Å²) in [6.07, 6.45) is 3.26. The Morgan fingerprint density at radius 3 is 2.29 bits per heavy atom. The highest BCUT2D eigenvalue weighted by Crippen LogP contribution is 2.50. The van der Waals surface area contributed by atoms with Gasteiger partial charge in [-0.2, -0.15) is 0 Å². The Labute approximate surface area is 100 Å². The van der Waals surface area contributed by atoms with Crippen LogP contribution in [0.4, 0.5) is 0 Å². The normalized spacial score (nSPS) is 33.4. The predicted octanol–water partition coefficient (Wildman–Crippen LogP) is 0.329. The Morgan fingerprint density at radius 2 is 1.82 bits per heavy atom. The van der Waals surface area contributed by atoms with Crippen molar-refractivity contribution in [3.8, 4) is 0 Å². The zero-order valence-electron chi connectivity index (χ0n) is 9.98. The molecular formula is C12H17NO4. The molecule has 0 aromatic heterocycles. The Kier molecular flexibility index (Phi) is 2.40. The predicted molar refractivity (Wildman–Crippen MR) is 58.2 cm³/mol. The van der Waals surface area contributed by atoms with Crippen LogP contribution in [-0.4, -0.2) is 49.2 Å². The van der Waals surface area contributed by atoms with Crippen molar-refractivity contribution in [3.63, 3.8) is 0 Å². The summed E-state index contributed by atoms with van der Waals surface area (Å²) < 4.78 is 10.2. The molecule has 3 aliphatic rings. The highest BCUT2D eigenvalue weighted by atomic mass is 16.5. The first-order valence-electron chi connectivity index (χ1n) is 6.18. The fourth-order valence-corrected chi connectivity index (χ4v) is 3.03. The standard InChI is InChI=1S/C12H17NO4/c1-16-11(15)12(4-5-12)10(14)13-8-2-3-9(13)7-17-6-8/h8-9H,2-7H2,1H3. The van der Waals surface area contributed by atoms with Crippen LogP contribution in [0.15, 0.2) is 0 Å². The number of methoxy groups -OCH3 is 1. The van der Waals surface area contributed by atoms with E-state index in [1.165, 1.54) is 7.11 Å². The number of amides is 1. The Bertz CT molecular complexity index is 348. The monoisotopic (exact) mass is 239 g/mol. The topological polar surface area (TPSA) is 55.8 Å². The number of hydrogen-bond acceptors (Lipinski definition) is 4. The molecule has 5 heteroatoms. The lowest BCUT2D eigenvalue weighted by Crippen LogP contribution is -2.53. The molecule has 5 nitrogen and oxygen atoms in total. The number of ether oxygens (including phenoxy) is 2. The third-order valence-corrected chi connectivity index (χ3v) is 4.21. The van der Waals surface area contributed by atoms with Gasteiger partial charge in [0, 0.05) is 0 Å². The minimum atomic E-state index is -0.854. The summed E-state index contributed by atoms with van der Waals surface area (Å²) in [4.78, 5) is 26.1. The summed E-state index contributed by atoms with van der Waals surface area (Å²) in [6, 6.07) is 0.340. The molecule has 1 amide bonds. The summed E-state index contributed by atoms with van der Waals surface area (Å²) in [5.41, 5.74) is -0.854. The van der Waals surface area contributed by atoms with E-state index in [0.717, 1.165) is 12.8 Å². The maximum Gasteiger partial charge on any atom is 0.321 e. The van der Waals surface area contributed by atoms with Crippen LogP contribution < -0.4 is 0 Å². The van der Waals surface area contributed by atoms with E-state index < -0.39 is 5.41 Å². The molecule has 0 aromatic carbocycles. The SMILES string of the molecule is COC(=O)C1(C(=O)N2C3CCC2COC3)CC1. The van der Waals surface area contributed by atoms with Crippen LogP contribution in [0, 0.1) is 5.41 Å². The van der Waals surface area contributed by atoms with Gasteiger partial charge in [-0.15, -0.1) is 0 Å². The number of hydrogen-bond donors (Lipinski definition) is 0. The molecule has 3 fully saturated rings. The molecule has 2 atom stereocenters. The second-order valence-electron chi connectivity index (χ2n) is 5.21. The van der Waals surface area contributed by atoms with Crippen LogP contribution in [0.5, 0.6) is 0 Å². The molecule has 0 N–H and O–H groups in total. The van der Waals surface area contributed by atoms with Gasteiger partial charge in [-0.05, 0) is 25.7 Å². The van der Waals surface area contributed by atoms with Gasteiger partial charge in [0.15, 0.2) is 0 Å². The van der Waals surface area contributed by atoms with Gasteiger partial charge in [-0.3, -0.25) is 9.59 Å². The van der Waals surface area contributed by atoms with Crippen molar-refractivity contribution in [2.24, 2.45) is 5.41 Å². The summed E-state index contributed by atoms with van der Waals surface area (Å²) >= 11 is 0. The zero-order chi connectivity index (χ0) is 12.0. The highest BCUT2D eigenvalue weighted by Gasteiger charge is 2.61. The van der Waals surface area contributed by atoms with Crippen molar-refractivity contribution >= 4 is 11.9 Å². The summed E-state index contributed by atoms with van der Waals surface area (Å²) in [5, 5.41) is 0. The molecule has 3 rings (SSSR count). The smallest absolute Gasteiger partial charge is 0.321 e. The largest absolute Gasteiger partial charge is 0.468 e. The van der Waals surface area contributed by atoms with Gasteiger partial charge in [-0.1, -0.05) is 0 Å². The van der Waals surface area contributed by atoms with E-state index >= 15 is 0 Å². The van der Waals surface area contributed by atoms with Crippen molar-refractivity contribution in [3.05, 3.63) is 0 Å². The molecule has 1 saturated carbocycles. The van der Waals surface area contributed by atoms with Gasteiger partial charge in [0.2, 0.25) is 5.91 Å². The average molecular weight is 239 g/mol. The third-order valence-electron chi connectivity index (χ3n) is 4.21. The Balaban J connectivity index is 1.81. The number of rotatable bonds is 2. The lowest BCUT2D eigenvalue weighted by molar-refractivity contribution is -0.160. The van der Waals surface area contributed by atoms with Gasteiger partial charge in [0.1, 0.15) is 5.41 Å². The molecule has 94 valence electrons. The summed E-state index contributed by atoms with van der Waals surface area (Å²) in [6.45, 7) is 1.22. The van der Waals surface area contributed by atoms with Crippen LogP contribution in [0.1, 0.15) is 25.7 Å². The number of carbonyl (C=O) groups excluding carboxylic acids is 2. The van der Waals surface area contributed by atoms with E-state index in [1.54, 1.807) is 0 Å². The average Bonchev–Trinajstić information content (AvgIpc) is 3.11. The molecule has 2 saturated heterocycles. The van der Waals surface area contributed by atoms with Crippen LogP contribution in [0.25, 0.3) is 0 Å². The number of morpholine rings is 1. The second kappa shape index (κ2) is 3.70. The number of nitrogens with zero attached hydrogens (tertiary/aromatic N) is 1. The fraction of sp³-hybridized carbons (Fsp3) is 0.833. The molecule has 1 aliphatic carbocycles. The van der Waals surface area contributed by atoms with E-state index in [-0.39, 0.29) is 24.0 Å². The Morgan fingerprint density at radius 1 is 1.24 bits per heavy atom. The van der Waals surface area contributed by atoms with E-state index in [9.17, 15) is 9.59 Å². The second-order valence-corrected chi connectivity index (χ2v) is 5.21. The first kappa shape index (κ1) is 11.0. The van der Waals surface area contributed by atoms with E-state index in [0.29, 0.717) is 26.1 Å². The van der Waals surface area contributed by atoms with Crippen LogP contribution >= 0.6 is 0 Å². The van der Waals surface area contributed by atoms with Crippen LogP contribution in [0.3, 0.4) is 0 Å². The van der Waals surface area contributed by atoms with Gasteiger partial charge >= 0.3 is 5.97 Å². The molecule has 0 aromatic rings. The Hall–Kier alpha value is -1.10. The minimum absolute atomic E-state index is 0.0276. The van der Waals surface area contributed by atoms with Crippen molar-refractivity contribution in [1.82, 2.24) is 4.90 Å². The van der Waals surface area contributed by atoms with Gasteiger partial charge < -0.3 is 14.4 Å². The van der Waals surface area contributed by atoms with Gasteiger partial charge in [0.05, 0.1) is 32.4 Å². The molecule has 0 spiro atoms. The van der Waals surface area contributed by atoms with Crippen molar-refractivity contribution < 1.29 is 19.1 Å². The quantitative estimate of drug-likeness (QED) is 0.514. The summed E-state index contributed by atoms with van der Waals surface area (Å²) in [5.74, 6) is -0.395. The summed E-state index contributed by atoms with van der Waals surface area (Å²) in [7, 11) is 1.35. The minimum Gasteiger partial charge on any atom is -0.468 e. The lowest BCUT2D eigenvalue weighted by atomic mass is 10.0. The number of carbonyl (C=O) groups is 2. The molecule has 17 heavy (non-hydrogen) atoms. The number of esters is 1. The first-order valence-corrected chi connectivity index (χ1v) is 6.18. The van der Waals surface area contributed by atoms with Crippen molar-refractivity contribution in [2.75, 3.05) is 20.3 Å². The maximum atomic E-state index is 12.5. The van der Waals surface area contributed by atoms with Crippen LogP contribution in [-0.2, 0) is 19.1 Å². The van der Waals surface area contributed by atoms with E-state index in [4.69, 9.17) is 9.47 Å². The molecular weight excluding hydrogens is 222 g/mol. The molecule has 0 radical (unpaired) electrons. The maximum absolute atomic E-state index is 12.5.